The summed E-state index contributed by atoms with van der Waals surface area (Å²) in [5.41, 5.74) is 9.03. The van der Waals surface area contributed by atoms with Crippen LogP contribution in [0.4, 0.5) is 0 Å². The zero-order valence-electron chi connectivity index (χ0n) is 15.3. The number of hydrogen-bond donors (Lipinski definition) is 2. The Balaban J connectivity index is 1.59. The van der Waals surface area contributed by atoms with E-state index in [9.17, 15) is 10.4 Å². The maximum absolute atomic E-state index is 9.74. The quantitative estimate of drug-likeness (QED) is 0.589. The minimum atomic E-state index is -0.370. The maximum atomic E-state index is 9.74. The van der Waals surface area contributed by atoms with E-state index in [1.54, 1.807) is 12.1 Å². The van der Waals surface area contributed by atoms with E-state index < -0.39 is 0 Å². The number of nitrogens with zero attached hydrogens (tertiary/aromatic N) is 1. The van der Waals surface area contributed by atoms with Crippen LogP contribution in [0.1, 0.15) is 22.6 Å². The van der Waals surface area contributed by atoms with Gasteiger partial charge in [0.2, 0.25) is 5.88 Å². The highest BCUT2D eigenvalue weighted by molar-refractivity contribution is 9.10. The van der Waals surface area contributed by atoms with E-state index in [2.05, 4.69) is 22.0 Å². The molecule has 0 amide bonds. The number of halogens is 1. The first-order valence-corrected chi connectivity index (χ1v) is 9.72. The van der Waals surface area contributed by atoms with Gasteiger partial charge in [-0.3, -0.25) is 0 Å². The second kappa shape index (κ2) is 7.90. The predicted molar refractivity (Wildman–Crippen MR) is 112 cm³/mol. The minimum absolute atomic E-state index is 0.0474. The summed E-state index contributed by atoms with van der Waals surface area (Å²) in [5, 5.41) is 19.4. The number of allylic oxidation sites excluding steroid dienone is 1. The topological polar surface area (TPSA) is 88.5 Å². The second-order valence-electron chi connectivity index (χ2n) is 6.63. The van der Waals surface area contributed by atoms with Gasteiger partial charge in [-0.1, -0.05) is 46.3 Å². The summed E-state index contributed by atoms with van der Waals surface area (Å²) < 4.78 is 12.4. The molecule has 1 aliphatic heterocycles. The Morgan fingerprint density at radius 3 is 2.48 bits per heavy atom. The second-order valence-corrected chi connectivity index (χ2v) is 7.55. The van der Waals surface area contributed by atoms with Crippen LogP contribution in [0.25, 0.3) is 0 Å². The summed E-state index contributed by atoms with van der Waals surface area (Å²) in [6.07, 6.45) is 0. The first-order chi connectivity index (χ1) is 14.0. The van der Waals surface area contributed by atoms with Crippen molar-refractivity contribution < 1.29 is 14.6 Å². The summed E-state index contributed by atoms with van der Waals surface area (Å²) in [4.78, 5) is 0. The fourth-order valence-electron chi connectivity index (χ4n) is 3.29. The summed E-state index contributed by atoms with van der Waals surface area (Å²) in [5.74, 6) is 0.926. The molecule has 0 spiro atoms. The third-order valence-corrected chi connectivity index (χ3v) is 5.26. The number of nitriles is 1. The van der Waals surface area contributed by atoms with Gasteiger partial charge in [-0.2, -0.15) is 5.26 Å². The van der Waals surface area contributed by atoms with E-state index in [-0.39, 0.29) is 17.6 Å². The average Bonchev–Trinajstić information content (AvgIpc) is 2.72. The summed E-state index contributed by atoms with van der Waals surface area (Å²) in [7, 11) is 0. The van der Waals surface area contributed by atoms with Crippen molar-refractivity contribution in [3.8, 4) is 23.3 Å². The standard InChI is InChI=1S/C23H17BrN2O3/c24-16-5-1-14(2-6-16)13-28-18-8-3-15(4-9-18)22-19-10-7-17(27)11-21(19)29-23(26)20(22)12-25/h1-11,22,27H,13,26H2/t22-/m1/s1. The van der Waals surface area contributed by atoms with E-state index in [1.165, 1.54) is 6.07 Å². The number of aromatic hydroxyl groups is 1. The molecular weight excluding hydrogens is 432 g/mol. The molecule has 29 heavy (non-hydrogen) atoms. The largest absolute Gasteiger partial charge is 0.508 e. The fraction of sp³-hybridized carbons (Fsp3) is 0.0870. The molecular formula is C23H17BrN2O3. The van der Waals surface area contributed by atoms with Crippen molar-refractivity contribution in [2.75, 3.05) is 0 Å². The molecule has 1 heterocycles. The summed E-state index contributed by atoms with van der Waals surface area (Å²) in [6.45, 7) is 0.461. The van der Waals surface area contributed by atoms with Gasteiger partial charge in [-0.25, -0.2) is 0 Å². The number of rotatable bonds is 4. The molecule has 0 fully saturated rings. The van der Waals surface area contributed by atoms with Crippen molar-refractivity contribution >= 4 is 15.9 Å². The molecule has 5 nitrogen and oxygen atoms in total. The van der Waals surface area contributed by atoms with Crippen molar-refractivity contribution in [3.63, 3.8) is 0 Å². The maximum Gasteiger partial charge on any atom is 0.205 e. The number of phenolic OH excluding ortho intramolecular Hbond substituents is 1. The monoisotopic (exact) mass is 448 g/mol. The predicted octanol–water partition coefficient (Wildman–Crippen LogP) is 4.95. The van der Waals surface area contributed by atoms with E-state index in [0.717, 1.165) is 26.9 Å². The molecule has 0 saturated carbocycles. The lowest BCUT2D eigenvalue weighted by Crippen LogP contribution is -2.20. The number of hydrogen-bond acceptors (Lipinski definition) is 5. The number of nitrogens with two attached hydrogens (primary N) is 1. The van der Waals surface area contributed by atoms with Crippen molar-refractivity contribution in [1.29, 1.82) is 5.26 Å². The summed E-state index contributed by atoms with van der Waals surface area (Å²) in [6, 6.07) is 22.5. The number of fused-ring (bicyclic) bond motifs is 1. The van der Waals surface area contributed by atoms with Crippen molar-refractivity contribution in [2.24, 2.45) is 5.73 Å². The highest BCUT2D eigenvalue weighted by atomic mass is 79.9. The molecule has 4 rings (SSSR count). The Morgan fingerprint density at radius 1 is 1.07 bits per heavy atom. The van der Waals surface area contributed by atoms with Crippen LogP contribution in [-0.2, 0) is 6.61 Å². The van der Waals surface area contributed by atoms with E-state index in [4.69, 9.17) is 15.2 Å². The van der Waals surface area contributed by atoms with Gasteiger partial charge >= 0.3 is 0 Å². The Hall–Kier alpha value is -3.43. The number of ether oxygens (including phenoxy) is 2. The van der Waals surface area contributed by atoms with Crippen LogP contribution in [0, 0.1) is 11.3 Å². The molecule has 1 aliphatic rings. The Labute approximate surface area is 176 Å². The van der Waals surface area contributed by atoms with Crippen LogP contribution in [0.3, 0.4) is 0 Å². The lowest BCUT2D eigenvalue weighted by Gasteiger charge is -2.26. The lowest BCUT2D eigenvalue weighted by atomic mass is 9.83. The molecule has 0 radical (unpaired) electrons. The van der Waals surface area contributed by atoms with Gasteiger partial charge in [0.15, 0.2) is 0 Å². The van der Waals surface area contributed by atoms with Crippen LogP contribution >= 0.6 is 15.9 Å². The molecule has 0 saturated heterocycles. The molecule has 1 atom stereocenters. The Bertz CT molecular complexity index is 1120. The van der Waals surface area contributed by atoms with E-state index >= 15 is 0 Å². The molecule has 0 aromatic heterocycles. The first-order valence-electron chi connectivity index (χ1n) is 8.93. The average molecular weight is 449 g/mol. The molecule has 6 heteroatoms. The van der Waals surface area contributed by atoms with Gasteiger partial charge in [0.25, 0.3) is 0 Å². The minimum Gasteiger partial charge on any atom is -0.508 e. The molecule has 3 aromatic rings. The highest BCUT2D eigenvalue weighted by Crippen LogP contribution is 2.43. The lowest BCUT2D eigenvalue weighted by molar-refractivity contribution is 0.306. The van der Waals surface area contributed by atoms with Crippen LogP contribution < -0.4 is 15.2 Å². The van der Waals surface area contributed by atoms with Crippen LogP contribution in [0.15, 0.2) is 82.7 Å². The van der Waals surface area contributed by atoms with Gasteiger partial charge in [-0.15, -0.1) is 0 Å². The van der Waals surface area contributed by atoms with Gasteiger partial charge in [0, 0.05) is 16.1 Å². The molecule has 0 bridgehead atoms. The zero-order valence-corrected chi connectivity index (χ0v) is 16.9. The van der Waals surface area contributed by atoms with Crippen LogP contribution in [-0.4, -0.2) is 5.11 Å². The molecule has 3 N–H and O–H groups in total. The van der Waals surface area contributed by atoms with Crippen molar-refractivity contribution in [1.82, 2.24) is 0 Å². The normalized spacial score (nSPS) is 15.2. The van der Waals surface area contributed by atoms with E-state index in [0.29, 0.717) is 17.9 Å². The molecule has 144 valence electrons. The zero-order chi connectivity index (χ0) is 20.4. The van der Waals surface area contributed by atoms with Crippen LogP contribution in [0.2, 0.25) is 0 Å². The molecule has 3 aromatic carbocycles. The Kier molecular flexibility index (Phi) is 5.15. The Morgan fingerprint density at radius 2 is 1.79 bits per heavy atom. The van der Waals surface area contributed by atoms with Crippen molar-refractivity contribution in [3.05, 3.63) is 99.3 Å². The number of benzene rings is 3. The van der Waals surface area contributed by atoms with Gasteiger partial charge in [-0.05, 0) is 41.5 Å². The van der Waals surface area contributed by atoms with E-state index in [1.807, 2.05) is 48.5 Å². The third kappa shape index (κ3) is 3.91. The van der Waals surface area contributed by atoms with Crippen molar-refractivity contribution in [2.45, 2.75) is 12.5 Å². The summed E-state index contributed by atoms with van der Waals surface area (Å²) >= 11 is 3.42. The highest BCUT2D eigenvalue weighted by Gasteiger charge is 2.30. The van der Waals surface area contributed by atoms with Gasteiger partial charge < -0.3 is 20.3 Å². The van der Waals surface area contributed by atoms with Gasteiger partial charge in [0.1, 0.15) is 35.5 Å². The fourth-order valence-corrected chi connectivity index (χ4v) is 3.56. The SMILES string of the molecule is N#CC1=C(N)Oc2cc(O)ccc2[C@H]1c1ccc(OCc2ccc(Br)cc2)cc1. The van der Waals surface area contributed by atoms with Gasteiger partial charge in [0.05, 0.1) is 5.92 Å². The number of phenols is 1. The van der Waals surface area contributed by atoms with Crippen LogP contribution in [0.5, 0.6) is 17.2 Å². The molecule has 0 unspecified atom stereocenters. The molecule has 0 aliphatic carbocycles. The smallest absolute Gasteiger partial charge is 0.205 e. The third-order valence-electron chi connectivity index (χ3n) is 4.73. The first kappa shape index (κ1) is 18.9.